The lowest BCUT2D eigenvalue weighted by molar-refractivity contribution is -0.232. The van der Waals surface area contributed by atoms with Gasteiger partial charge in [-0.25, -0.2) is 0 Å². The van der Waals surface area contributed by atoms with Crippen LogP contribution >= 0.6 is 0 Å². The molecule has 1 aromatic rings. The molecule has 104 valence electrons. The van der Waals surface area contributed by atoms with Crippen LogP contribution in [0.3, 0.4) is 0 Å². The van der Waals surface area contributed by atoms with Crippen molar-refractivity contribution in [2.24, 2.45) is 11.8 Å². The minimum atomic E-state index is -0.604. The lowest BCUT2D eigenvalue weighted by atomic mass is 9.62. The van der Waals surface area contributed by atoms with Crippen molar-refractivity contribution in [2.75, 3.05) is 0 Å². The third-order valence-electron chi connectivity index (χ3n) is 5.24. The van der Waals surface area contributed by atoms with Gasteiger partial charge in [0.25, 0.3) is 0 Å². The SMILES string of the molecule is CC1(C)O[C@H](c2ccccc2)[C@@H]2C[C@H]1CC[C@]2(C)O. The Hall–Kier alpha value is -0.860. The number of hydrogen-bond acceptors (Lipinski definition) is 2. The summed E-state index contributed by atoms with van der Waals surface area (Å²) in [5, 5.41) is 10.7. The zero-order chi connectivity index (χ0) is 13.7. The van der Waals surface area contributed by atoms with Crippen LogP contribution in [0.4, 0.5) is 0 Å². The van der Waals surface area contributed by atoms with Gasteiger partial charge in [-0.2, -0.15) is 0 Å². The Morgan fingerprint density at radius 1 is 1.16 bits per heavy atom. The minimum Gasteiger partial charge on any atom is -0.390 e. The molecule has 1 aromatic carbocycles. The molecule has 4 atom stereocenters. The lowest BCUT2D eigenvalue weighted by Crippen LogP contribution is -2.54. The highest BCUT2D eigenvalue weighted by Crippen LogP contribution is 2.54. The molecule has 1 saturated carbocycles. The summed E-state index contributed by atoms with van der Waals surface area (Å²) in [7, 11) is 0. The van der Waals surface area contributed by atoms with Gasteiger partial charge >= 0.3 is 0 Å². The van der Waals surface area contributed by atoms with Gasteiger partial charge in [-0.1, -0.05) is 30.3 Å². The molecule has 0 unspecified atom stereocenters. The minimum absolute atomic E-state index is 0.0164. The lowest BCUT2D eigenvalue weighted by Gasteiger charge is -2.55. The van der Waals surface area contributed by atoms with E-state index >= 15 is 0 Å². The Bertz CT molecular complexity index is 448. The van der Waals surface area contributed by atoms with Gasteiger partial charge in [-0.05, 0) is 51.5 Å². The van der Waals surface area contributed by atoms with Crippen molar-refractivity contribution in [1.82, 2.24) is 0 Å². The molecule has 3 rings (SSSR count). The van der Waals surface area contributed by atoms with Gasteiger partial charge in [0.1, 0.15) is 0 Å². The van der Waals surface area contributed by atoms with Crippen molar-refractivity contribution in [3.8, 4) is 0 Å². The Labute approximate surface area is 115 Å². The maximum Gasteiger partial charge on any atom is 0.0887 e. The molecule has 1 heterocycles. The predicted molar refractivity (Wildman–Crippen MR) is 75.8 cm³/mol. The van der Waals surface area contributed by atoms with E-state index in [9.17, 15) is 5.11 Å². The number of fused-ring (bicyclic) bond motifs is 2. The zero-order valence-electron chi connectivity index (χ0n) is 12.1. The summed E-state index contributed by atoms with van der Waals surface area (Å²) in [5.74, 6) is 0.777. The van der Waals surface area contributed by atoms with Crippen molar-refractivity contribution in [2.45, 2.75) is 57.3 Å². The fourth-order valence-corrected chi connectivity index (χ4v) is 3.86. The van der Waals surface area contributed by atoms with Gasteiger partial charge < -0.3 is 9.84 Å². The first kappa shape index (κ1) is 13.1. The molecular weight excluding hydrogens is 236 g/mol. The number of benzene rings is 1. The van der Waals surface area contributed by atoms with Crippen LogP contribution in [0.2, 0.25) is 0 Å². The number of ether oxygens (including phenoxy) is 1. The van der Waals surface area contributed by atoms with E-state index in [-0.39, 0.29) is 17.6 Å². The van der Waals surface area contributed by atoms with E-state index in [1.807, 2.05) is 13.0 Å². The highest BCUT2D eigenvalue weighted by atomic mass is 16.5. The average Bonchev–Trinajstić information content (AvgIpc) is 2.36. The zero-order valence-corrected chi connectivity index (χ0v) is 12.1. The van der Waals surface area contributed by atoms with Crippen LogP contribution in [0.1, 0.15) is 51.7 Å². The van der Waals surface area contributed by atoms with Crippen LogP contribution < -0.4 is 0 Å². The quantitative estimate of drug-likeness (QED) is 0.834. The molecule has 2 nitrogen and oxygen atoms in total. The van der Waals surface area contributed by atoms with E-state index in [0.717, 1.165) is 19.3 Å². The van der Waals surface area contributed by atoms with E-state index in [2.05, 4.69) is 38.1 Å². The third-order valence-corrected chi connectivity index (χ3v) is 5.24. The largest absolute Gasteiger partial charge is 0.390 e. The Morgan fingerprint density at radius 2 is 1.84 bits per heavy atom. The van der Waals surface area contributed by atoms with Crippen LogP contribution in [0.5, 0.6) is 0 Å². The third kappa shape index (κ3) is 2.21. The van der Waals surface area contributed by atoms with Crippen molar-refractivity contribution in [1.29, 1.82) is 0 Å². The Morgan fingerprint density at radius 3 is 2.53 bits per heavy atom. The van der Waals surface area contributed by atoms with Crippen LogP contribution in [-0.4, -0.2) is 16.3 Å². The molecule has 0 radical (unpaired) electrons. The molecule has 1 aliphatic heterocycles. The highest BCUT2D eigenvalue weighted by molar-refractivity contribution is 5.21. The fourth-order valence-electron chi connectivity index (χ4n) is 3.86. The Balaban J connectivity index is 1.98. The average molecular weight is 260 g/mol. The molecule has 1 aliphatic carbocycles. The topological polar surface area (TPSA) is 29.5 Å². The van der Waals surface area contributed by atoms with Crippen molar-refractivity contribution < 1.29 is 9.84 Å². The van der Waals surface area contributed by atoms with Gasteiger partial charge in [-0.3, -0.25) is 0 Å². The molecular formula is C17H24O2. The van der Waals surface area contributed by atoms with E-state index in [1.54, 1.807) is 0 Å². The smallest absolute Gasteiger partial charge is 0.0887 e. The summed E-state index contributed by atoms with van der Waals surface area (Å²) in [6.45, 7) is 6.37. The molecule has 1 saturated heterocycles. The Kier molecular flexibility index (Phi) is 2.99. The van der Waals surface area contributed by atoms with Crippen LogP contribution in [-0.2, 0) is 4.74 Å². The van der Waals surface area contributed by atoms with E-state index in [4.69, 9.17) is 4.74 Å². The van der Waals surface area contributed by atoms with Gasteiger partial charge in [0, 0.05) is 5.92 Å². The summed E-state index contributed by atoms with van der Waals surface area (Å²) in [4.78, 5) is 0. The summed E-state index contributed by atoms with van der Waals surface area (Å²) >= 11 is 0. The molecule has 1 N–H and O–H groups in total. The van der Waals surface area contributed by atoms with Gasteiger partial charge in [0.2, 0.25) is 0 Å². The molecule has 2 heteroatoms. The first-order chi connectivity index (χ1) is 8.90. The molecule has 19 heavy (non-hydrogen) atoms. The summed E-state index contributed by atoms with van der Waals surface area (Å²) in [6, 6.07) is 10.4. The van der Waals surface area contributed by atoms with Gasteiger partial charge in [0.05, 0.1) is 17.3 Å². The first-order valence-corrected chi connectivity index (χ1v) is 7.35. The normalized spacial score (nSPS) is 40.9. The van der Waals surface area contributed by atoms with E-state index in [0.29, 0.717) is 5.92 Å². The molecule has 2 aliphatic rings. The summed E-state index contributed by atoms with van der Waals surface area (Å²) in [6.07, 6.45) is 3.04. The number of aliphatic hydroxyl groups is 1. The second kappa shape index (κ2) is 4.32. The maximum absolute atomic E-state index is 10.7. The number of rotatable bonds is 1. The van der Waals surface area contributed by atoms with Crippen LogP contribution in [0.25, 0.3) is 0 Å². The second-order valence-electron chi connectivity index (χ2n) is 6.99. The van der Waals surface area contributed by atoms with Gasteiger partial charge in [-0.15, -0.1) is 0 Å². The predicted octanol–water partition coefficient (Wildman–Crippen LogP) is 3.70. The van der Waals surface area contributed by atoms with Crippen molar-refractivity contribution in [3.63, 3.8) is 0 Å². The summed E-state index contributed by atoms with van der Waals surface area (Å²) in [5.41, 5.74) is 0.502. The maximum atomic E-state index is 10.7. The first-order valence-electron chi connectivity index (χ1n) is 7.35. The van der Waals surface area contributed by atoms with Crippen LogP contribution in [0.15, 0.2) is 30.3 Å². The van der Waals surface area contributed by atoms with E-state index in [1.165, 1.54) is 5.56 Å². The van der Waals surface area contributed by atoms with Crippen molar-refractivity contribution >= 4 is 0 Å². The fraction of sp³-hybridized carbons (Fsp3) is 0.647. The second-order valence-corrected chi connectivity index (χ2v) is 6.99. The van der Waals surface area contributed by atoms with Gasteiger partial charge in [0.15, 0.2) is 0 Å². The molecule has 0 amide bonds. The highest BCUT2D eigenvalue weighted by Gasteiger charge is 2.52. The van der Waals surface area contributed by atoms with Crippen LogP contribution in [0, 0.1) is 11.8 Å². The van der Waals surface area contributed by atoms with E-state index < -0.39 is 5.60 Å². The molecule has 2 fully saturated rings. The standard InChI is InChI=1S/C17H24O2/c1-16(2)13-9-10-17(3,18)14(11-13)15(19-16)12-7-5-4-6-8-12/h4-8,13-15,18H,9-11H2,1-3H3/t13-,14+,15-,17+/m1/s1. The monoisotopic (exact) mass is 260 g/mol. The molecule has 0 aromatic heterocycles. The summed E-state index contributed by atoms with van der Waals surface area (Å²) < 4.78 is 6.40. The molecule has 2 bridgehead atoms. The number of hydrogen-bond donors (Lipinski definition) is 1. The molecule has 0 spiro atoms. The van der Waals surface area contributed by atoms with Crippen molar-refractivity contribution in [3.05, 3.63) is 35.9 Å².